The van der Waals surface area contributed by atoms with Crippen LogP contribution < -0.4 is 5.32 Å². The summed E-state index contributed by atoms with van der Waals surface area (Å²) in [7, 11) is 0. The smallest absolute Gasteiger partial charge is 0.241 e. The number of benzene rings is 1. The number of nitrogens with one attached hydrogen (secondary N) is 1. The van der Waals surface area contributed by atoms with Gasteiger partial charge < -0.3 is 9.84 Å². The summed E-state index contributed by atoms with van der Waals surface area (Å²) in [6.45, 7) is 5.16. The van der Waals surface area contributed by atoms with Gasteiger partial charge in [-0.05, 0) is 56.6 Å². The normalized spacial score (nSPS) is 16.1. The zero-order valence-electron chi connectivity index (χ0n) is 14.4. The van der Waals surface area contributed by atoms with Crippen LogP contribution in [0, 0.1) is 5.92 Å². The standard InChI is InChI=1S/C18H23ClN4O2/c1-2-9-20-18(24)14-7-10-23(11-8-14)12-16-21-17(22-25-16)13-3-5-15(19)6-4-13/h3-6,14H,2,7-12H2,1H3,(H,20,24). The molecule has 25 heavy (non-hydrogen) atoms. The molecule has 1 saturated heterocycles. The first-order chi connectivity index (χ1) is 12.2. The quantitative estimate of drug-likeness (QED) is 0.854. The van der Waals surface area contributed by atoms with E-state index in [2.05, 4.69) is 27.3 Å². The van der Waals surface area contributed by atoms with E-state index in [-0.39, 0.29) is 11.8 Å². The summed E-state index contributed by atoms with van der Waals surface area (Å²) in [6.07, 6.45) is 2.71. The Hall–Kier alpha value is -1.92. The molecule has 7 heteroatoms. The molecule has 1 amide bonds. The molecule has 134 valence electrons. The first kappa shape index (κ1) is 17.9. The number of hydrogen-bond donors (Lipinski definition) is 1. The molecule has 0 unspecified atom stereocenters. The lowest BCUT2D eigenvalue weighted by Gasteiger charge is -2.30. The molecule has 1 aromatic heterocycles. The summed E-state index contributed by atoms with van der Waals surface area (Å²) in [4.78, 5) is 18.7. The lowest BCUT2D eigenvalue weighted by molar-refractivity contribution is -0.126. The van der Waals surface area contributed by atoms with E-state index in [1.54, 1.807) is 12.1 Å². The van der Waals surface area contributed by atoms with Crippen molar-refractivity contribution >= 4 is 17.5 Å². The van der Waals surface area contributed by atoms with Gasteiger partial charge in [0.05, 0.1) is 6.54 Å². The second-order valence-corrected chi connectivity index (χ2v) is 6.80. The van der Waals surface area contributed by atoms with Crippen LogP contribution in [0.2, 0.25) is 5.02 Å². The van der Waals surface area contributed by atoms with E-state index in [0.717, 1.165) is 44.5 Å². The summed E-state index contributed by atoms with van der Waals surface area (Å²) in [5.74, 6) is 1.47. The maximum absolute atomic E-state index is 12.0. The Kier molecular flexibility index (Phi) is 6.04. The first-order valence-electron chi connectivity index (χ1n) is 8.74. The van der Waals surface area contributed by atoms with Crippen molar-refractivity contribution in [3.63, 3.8) is 0 Å². The Morgan fingerprint density at radius 1 is 1.32 bits per heavy atom. The van der Waals surface area contributed by atoms with E-state index in [9.17, 15) is 4.79 Å². The van der Waals surface area contributed by atoms with E-state index >= 15 is 0 Å². The van der Waals surface area contributed by atoms with Crippen LogP contribution in [0.5, 0.6) is 0 Å². The molecule has 0 spiro atoms. The van der Waals surface area contributed by atoms with Crippen LogP contribution in [0.3, 0.4) is 0 Å². The van der Waals surface area contributed by atoms with Gasteiger partial charge in [-0.1, -0.05) is 23.7 Å². The Morgan fingerprint density at radius 3 is 2.72 bits per heavy atom. The predicted molar refractivity (Wildman–Crippen MR) is 96.0 cm³/mol. The van der Waals surface area contributed by atoms with Crippen LogP contribution >= 0.6 is 11.6 Å². The van der Waals surface area contributed by atoms with Crippen molar-refractivity contribution in [3.05, 3.63) is 35.2 Å². The summed E-state index contributed by atoms with van der Waals surface area (Å²) < 4.78 is 5.36. The van der Waals surface area contributed by atoms with Crippen LogP contribution in [-0.4, -0.2) is 40.6 Å². The molecule has 0 saturated carbocycles. The summed E-state index contributed by atoms with van der Waals surface area (Å²) in [5, 5.41) is 7.70. The van der Waals surface area contributed by atoms with Gasteiger partial charge in [-0.25, -0.2) is 0 Å². The number of piperidine rings is 1. The molecule has 6 nitrogen and oxygen atoms in total. The van der Waals surface area contributed by atoms with Gasteiger partial charge >= 0.3 is 0 Å². The van der Waals surface area contributed by atoms with E-state index in [1.807, 2.05) is 12.1 Å². The van der Waals surface area contributed by atoms with Gasteiger partial charge in [0.15, 0.2) is 0 Å². The highest BCUT2D eigenvalue weighted by atomic mass is 35.5. The summed E-state index contributed by atoms with van der Waals surface area (Å²) in [5.41, 5.74) is 0.880. The van der Waals surface area contributed by atoms with Crippen molar-refractivity contribution in [2.75, 3.05) is 19.6 Å². The van der Waals surface area contributed by atoms with Gasteiger partial charge in [0.25, 0.3) is 0 Å². The third-order valence-electron chi connectivity index (χ3n) is 4.44. The Balaban J connectivity index is 1.51. The number of carbonyl (C=O) groups is 1. The molecule has 1 aliphatic rings. The number of rotatable bonds is 6. The van der Waals surface area contributed by atoms with Crippen LogP contribution in [-0.2, 0) is 11.3 Å². The predicted octanol–water partition coefficient (Wildman–Crippen LogP) is 3.13. The van der Waals surface area contributed by atoms with Crippen molar-refractivity contribution in [1.82, 2.24) is 20.4 Å². The molecule has 1 N–H and O–H groups in total. The minimum Gasteiger partial charge on any atom is -0.356 e. The largest absolute Gasteiger partial charge is 0.356 e. The number of aromatic nitrogens is 2. The first-order valence-corrected chi connectivity index (χ1v) is 9.12. The van der Waals surface area contributed by atoms with E-state index < -0.39 is 0 Å². The SMILES string of the molecule is CCCNC(=O)C1CCN(Cc2nc(-c3ccc(Cl)cc3)no2)CC1. The average molecular weight is 363 g/mol. The second-order valence-electron chi connectivity index (χ2n) is 6.36. The van der Waals surface area contributed by atoms with Crippen molar-refractivity contribution < 1.29 is 9.32 Å². The fraction of sp³-hybridized carbons (Fsp3) is 0.500. The summed E-state index contributed by atoms with van der Waals surface area (Å²) >= 11 is 5.90. The molecule has 2 heterocycles. The number of halogens is 1. The number of carbonyl (C=O) groups excluding carboxylic acids is 1. The van der Waals surface area contributed by atoms with Crippen molar-refractivity contribution in [2.45, 2.75) is 32.7 Å². The molecular weight excluding hydrogens is 340 g/mol. The lowest BCUT2D eigenvalue weighted by Crippen LogP contribution is -2.40. The Labute approximate surface area is 152 Å². The molecule has 0 radical (unpaired) electrons. The van der Waals surface area contributed by atoms with Gasteiger partial charge in [-0.15, -0.1) is 0 Å². The van der Waals surface area contributed by atoms with Crippen LogP contribution in [0.1, 0.15) is 32.1 Å². The van der Waals surface area contributed by atoms with Gasteiger partial charge in [-0.3, -0.25) is 9.69 Å². The van der Waals surface area contributed by atoms with Crippen LogP contribution in [0.15, 0.2) is 28.8 Å². The fourth-order valence-electron chi connectivity index (χ4n) is 2.97. The minimum absolute atomic E-state index is 0.120. The molecule has 1 aliphatic heterocycles. The van der Waals surface area contributed by atoms with E-state index in [4.69, 9.17) is 16.1 Å². The molecule has 1 fully saturated rings. The van der Waals surface area contributed by atoms with E-state index in [0.29, 0.717) is 23.3 Å². The van der Waals surface area contributed by atoms with Crippen molar-refractivity contribution in [1.29, 1.82) is 0 Å². The number of likely N-dealkylation sites (tertiary alicyclic amines) is 1. The lowest BCUT2D eigenvalue weighted by atomic mass is 9.96. The van der Waals surface area contributed by atoms with Gasteiger partial charge in [0, 0.05) is 23.0 Å². The molecule has 0 bridgehead atoms. The van der Waals surface area contributed by atoms with Gasteiger partial charge in [0.1, 0.15) is 0 Å². The molecular formula is C18H23ClN4O2. The second kappa shape index (κ2) is 8.45. The van der Waals surface area contributed by atoms with E-state index in [1.165, 1.54) is 0 Å². The highest BCUT2D eigenvalue weighted by molar-refractivity contribution is 6.30. The zero-order chi connectivity index (χ0) is 17.6. The minimum atomic E-state index is 0.120. The highest BCUT2D eigenvalue weighted by Crippen LogP contribution is 2.21. The third kappa shape index (κ3) is 4.80. The summed E-state index contributed by atoms with van der Waals surface area (Å²) in [6, 6.07) is 7.36. The van der Waals surface area contributed by atoms with Crippen LogP contribution in [0.4, 0.5) is 0 Å². The zero-order valence-corrected chi connectivity index (χ0v) is 15.1. The Morgan fingerprint density at radius 2 is 2.04 bits per heavy atom. The number of amides is 1. The molecule has 1 aromatic carbocycles. The fourth-order valence-corrected chi connectivity index (χ4v) is 3.10. The van der Waals surface area contributed by atoms with Crippen LogP contribution in [0.25, 0.3) is 11.4 Å². The molecule has 2 aromatic rings. The van der Waals surface area contributed by atoms with Gasteiger partial charge in [0.2, 0.25) is 17.6 Å². The Bertz CT molecular complexity index is 693. The highest BCUT2D eigenvalue weighted by Gasteiger charge is 2.25. The van der Waals surface area contributed by atoms with Crippen molar-refractivity contribution in [3.8, 4) is 11.4 Å². The molecule has 0 aliphatic carbocycles. The molecule has 3 rings (SSSR count). The maximum Gasteiger partial charge on any atom is 0.241 e. The third-order valence-corrected chi connectivity index (χ3v) is 4.69. The number of hydrogen-bond acceptors (Lipinski definition) is 5. The number of nitrogens with zero attached hydrogens (tertiary/aromatic N) is 3. The average Bonchev–Trinajstić information content (AvgIpc) is 3.09. The topological polar surface area (TPSA) is 71.3 Å². The van der Waals surface area contributed by atoms with Crippen molar-refractivity contribution in [2.24, 2.45) is 5.92 Å². The van der Waals surface area contributed by atoms with Gasteiger partial charge in [-0.2, -0.15) is 4.98 Å². The molecule has 0 atom stereocenters. The monoisotopic (exact) mass is 362 g/mol. The maximum atomic E-state index is 12.0.